The Bertz CT molecular complexity index is 965. The fourth-order valence-corrected chi connectivity index (χ4v) is 2.80. The molecule has 0 atom stereocenters. The second-order valence-corrected chi connectivity index (χ2v) is 6.15. The number of hydrogen-bond acceptors (Lipinski definition) is 5. The molecule has 3 aromatic rings. The number of aryl methyl sites for hydroxylation is 1. The van der Waals surface area contributed by atoms with Crippen LogP contribution in [0.5, 0.6) is 11.5 Å². The lowest BCUT2D eigenvalue weighted by Crippen LogP contribution is -2.24. The number of ether oxygens (including phenoxy) is 2. The Morgan fingerprint density at radius 3 is 2.48 bits per heavy atom. The van der Waals surface area contributed by atoms with Crippen LogP contribution >= 0.6 is 0 Å². The van der Waals surface area contributed by atoms with Crippen molar-refractivity contribution >= 4 is 5.82 Å². The Morgan fingerprint density at radius 1 is 1.04 bits per heavy atom. The summed E-state index contributed by atoms with van der Waals surface area (Å²) in [5, 5.41) is 3.13. The van der Waals surface area contributed by atoms with Gasteiger partial charge in [0.1, 0.15) is 0 Å². The molecule has 0 aliphatic carbocycles. The van der Waals surface area contributed by atoms with Gasteiger partial charge in [0.05, 0.1) is 14.2 Å². The Morgan fingerprint density at radius 2 is 1.78 bits per heavy atom. The van der Waals surface area contributed by atoms with Gasteiger partial charge in [0, 0.05) is 24.6 Å². The summed E-state index contributed by atoms with van der Waals surface area (Å²) in [6.45, 7) is 2.59. The molecule has 3 rings (SSSR count). The molecule has 140 valence electrons. The van der Waals surface area contributed by atoms with E-state index in [9.17, 15) is 4.79 Å². The quantitative estimate of drug-likeness (QED) is 0.696. The summed E-state index contributed by atoms with van der Waals surface area (Å²) in [6.07, 6.45) is 4.02. The smallest absolute Gasteiger partial charge is 0.297 e. The van der Waals surface area contributed by atoms with Crippen LogP contribution in [-0.4, -0.2) is 30.3 Å². The third-order valence-electron chi connectivity index (χ3n) is 4.31. The minimum absolute atomic E-state index is 0.173. The summed E-state index contributed by atoms with van der Waals surface area (Å²) in [6, 6.07) is 13.6. The third-order valence-corrected chi connectivity index (χ3v) is 4.31. The number of benzene rings is 2. The molecule has 1 aromatic heterocycles. The number of nitrogens with zero attached hydrogens (tertiary/aromatic N) is 2. The zero-order chi connectivity index (χ0) is 19.2. The molecule has 27 heavy (non-hydrogen) atoms. The van der Waals surface area contributed by atoms with E-state index in [2.05, 4.69) is 10.3 Å². The van der Waals surface area contributed by atoms with Gasteiger partial charge >= 0.3 is 0 Å². The number of rotatable bonds is 7. The first-order valence-electron chi connectivity index (χ1n) is 8.72. The van der Waals surface area contributed by atoms with Crippen LogP contribution < -0.4 is 20.3 Å². The van der Waals surface area contributed by atoms with Gasteiger partial charge in [-0.25, -0.2) is 4.98 Å². The van der Waals surface area contributed by atoms with Gasteiger partial charge in [-0.2, -0.15) is 0 Å². The normalized spacial score (nSPS) is 10.5. The molecule has 0 spiro atoms. The van der Waals surface area contributed by atoms with Crippen LogP contribution in [0.3, 0.4) is 0 Å². The van der Waals surface area contributed by atoms with Crippen LogP contribution in [-0.2, 0) is 6.42 Å². The third kappa shape index (κ3) is 4.28. The highest BCUT2D eigenvalue weighted by Crippen LogP contribution is 2.27. The Labute approximate surface area is 158 Å². The number of hydrogen-bond donors (Lipinski definition) is 1. The Kier molecular flexibility index (Phi) is 5.76. The maximum atomic E-state index is 12.7. The maximum Gasteiger partial charge on any atom is 0.297 e. The van der Waals surface area contributed by atoms with E-state index in [1.165, 1.54) is 0 Å². The van der Waals surface area contributed by atoms with Crippen LogP contribution in [0, 0.1) is 6.92 Å². The van der Waals surface area contributed by atoms with Crippen molar-refractivity contribution in [3.63, 3.8) is 0 Å². The highest BCUT2D eigenvalue weighted by molar-refractivity contribution is 5.43. The molecule has 1 N–H and O–H groups in total. The molecule has 6 heteroatoms. The Balaban J connectivity index is 1.71. The molecular weight excluding hydrogens is 342 g/mol. The molecule has 0 saturated heterocycles. The van der Waals surface area contributed by atoms with Crippen molar-refractivity contribution in [1.82, 2.24) is 9.55 Å². The number of methoxy groups -OCH3 is 2. The number of aromatic nitrogens is 2. The van der Waals surface area contributed by atoms with E-state index in [4.69, 9.17) is 9.47 Å². The molecule has 0 saturated carbocycles. The van der Waals surface area contributed by atoms with Gasteiger partial charge in [0.2, 0.25) is 0 Å². The second kappa shape index (κ2) is 8.40. The molecule has 0 amide bonds. The highest BCUT2D eigenvalue weighted by atomic mass is 16.5. The van der Waals surface area contributed by atoms with Crippen LogP contribution in [0.1, 0.15) is 11.1 Å². The monoisotopic (exact) mass is 365 g/mol. The summed E-state index contributed by atoms with van der Waals surface area (Å²) < 4.78 is 12.2. The summed E-state index contributed by atoms with van der Waals surface area (Å²) in [4.78, 5) is 16.9. The van der Waals surface area contributed by atoms with Gasteiger partial charge in [0.15, 0.2) is 17.3 Å². The average Bonchev–Trinajstić information content (AvgIpc) is 2.70. The molecule has 0 unspecified atom stereocenters. The largest absolute Gasteiger partial charge is 0.493 e. The lowest BCUT2D eigenvalue weighted by atomic mass is 10.1. The fourth-order valence-electron chi connectivity index (χ4n) is 2.80. The first-order chi connectivity index (χ1) is 13.1. The van der Waals surface area contributed by atoms with Crippen molar-refractivity contribution in [3.05, 3.63) is 76.3 Å². The predicted molar refractivity (Wildman–Crippen MR) is 106 cm³/mol. The standard InChI is InChI=1S/C21H23N3O3/c1-15-4-7-17(8-5-15)24-13-12-23-20(21(24)25)22-11-10-16-6-9-18(26-2)19(14-16)27-3/h4-9,12-14H,10-11H2,1-3H3,(H,22,23). The molecular formula is C21H23N3O3. The van der Waals surface area contributed by atoms with Crippen molar-refractivity contribution in [2.75, 3.05) is 26.1 Å². The average molecular weight is 365 g/mol. The van der Waals surface area contributed by atoms with Crippen LogP contribution in [0.4, 0.5) is 5.82 Å². The fraction of sp³-hybridized carbons (Fsp3) is 0.238. The first kappa shape index (κ1) is 18.5. The van der Waals surface area contributed by atoms with E-state index in [0.29, 0.717) is 23.9 Å². The van der Waals surface area contributed by atoms with Gasteiger partial charge in [-0.15, -0.1) is 0 Å². The molecule has 0 aliphatic heterocycles. The van der Waals surface area contributed by atoms with E-state index in [-0.39, 0.29) is 5.56 Å². The van der Waals surface area contributed by atoms with Gasteiger partial charge < -0.3 is 14.8 Å². The van der Waals surface area contributed by atoms with E-state index < -0.39 is 0 Å². The molecule has 2 aromatic carbocycles. The zero-order valence-electron chi connectivity index (χ0n) is 15.7. The van der Waals surface area contributed by atoms with Gasteiger partial charge in [-0.3, -0.25) is 9.36 Å². The Hall–Kier alpha value is -3.28. The van der Waals surface area contributed by atoms with Crippen molar-refractivity contribution in [2.24, 2.45) is 0 Å². The maximum absolute atomic E-state index is 12.7. The molecule has 1 heterocycles. The van der Waals surface area contributed by atoms with Gasteiger partial charge in [0.25, 0.3) is 5.56 Å². The van der Waals surface area contributed by atoms with Gasteiger partial charge in [-0.05, 0) is 43.2 Å². The van der Waals surface area contributed by atoms with Crippen molar-refractivity contribution < 1.29 is 9.47 Å². The van der Waals surface area contributed by atoms with Crippen LogP contribution in [0.25, 0.3) is 5.69 Å². The molecule has 0 bridgehead atoms. The zero-order valence-corrected chi connectivity index (χ0v) is 15.7. The molecule has 0 fully saturated rings. The second-order valence-electron chi connectivity index (χ2n) is 6.15. The molecule has 0 radical (unpaired) electrons. The van der Waals surface area contributed by atoms with Gasteiger partial charge in [-0.1, -0.05) is 23.8 Å². The number of anilines is 1. The van der Waals surface area contributed by atoms with Crippen molar-refractivity contribution in [3.8, 4) is 17.2 Å². The van der Waals surface area contributed by atoms with Crippen molar-refractivity contribution in [2.45, 2.75) is 13.3 Å². The summed E-state index contributed by atoms with van der Waals surface area (Å²) in [7, 11) is 3.22. The molecule has 0 aliphatic rings. The minimum atomic E-state index is -0.173. The lowest BCUT2D eigenvalue weighted by molar-refractivity contribution is 0.354. The summed E-state index contributed by atoms with van der Waals surface area (Å²) in [5.41, 5.74) is 2.87. The minimum Gasteiger partial charge on any atom is -0.493 e. The first-order valence-corrected chi connectivity index (χ1v) is 8.72. The topological polar surface area (TPSA) is 65.4 Å². The van der Waals surface area contributed by atoms with E-state index >= 15 is 0 Å². The van der Waals surface area contributed by atoms with E-state index in [0.717, 1.165) is 23.2 Å². The SMILES string of the molecule is COc1ccc(CCNc2nccn(-c3ccc(C)cc3)c2=O)cc1OC. The van der Waals surface area contributed by atoms with Crippen LogP contribution in [0.15, 0.2) is 59.7 Å². The van der Waals surface area contributed by atoms with Crippen molar-refractivity contribution in [1.29, 1.82) is 0 Å². The molecule has 6 nitrogen and oxygen atoms in total. The highest BCUT2D eigenvalue weighted by Gasteiger charge is 2.07. The summed E-state index contributed by atoms with van der Waals surface area (Å²) in [5.74, 6) is 1.72. The number of nitrogens with one attached hydrogen (secondary N) is 1. The van der Waals surface area contributed by atoms with E-state index in [1.54, 1.807) is 31.2 Å². The van der Waals surface area contributed by atoms with Crippen LogP contribution in [0.2, 0.25) is 0 Å². The predicted octanol–water partition coefficient (Wildman–Crippen LogP) is 3.21. The lowest BCUT2D eigenvalue weighted by Gasteiger charge is -2.11. The summed E-state index contributed by atoms with van der Waals surface area (Å²) >= 11 is 0. The van der Waals surface area contributed by atoms with E-state index in [1.807, 2.05) is 49.4 Å².